The number of carbonyl (C=O) groups excluding carboxylic acids is 2. The smallest absolute Gasteiger partial charge is 0.338 e. The number of hydrogen-bond donors (Lipinski definition) is 0. The zero-order chi connectivity index (χ0) is 30.2. The van der Waals surface area contributed by atoms with E-state index in [0.717, 1.165) is 77.4 Å². The van der Waals surface area contributed by atoms with Gasteiger partial charge in [-0.1, -0.05) is 39.0 Å². The van der Waals surface area contributed by atoms with E-state index in [9.17, 15) is 9.59 Å². The van der Waals surface area contributed by atoms with E-state index in [0.29, 0.717) is 59.7 Å². The lowest BCUT2D eigenvalue weighted by molar-refractivity contribution is -0.258. The quantitative estimate of drug-likeness (QED) is 0.166. The van der Waals surface area contributed by atoms with E-state index >= 15 is 0 Å². The van der Waals surface area contributed by atoms with Crippen LogP contribution in [-0.2, 0) is 23.7 Å². The van der Waals surface area contributed by atoms with E-state index in [2.05, 4.69) is 20.8 Å². The van der Waals surface area contributed by atoms with Gasteiger partial charge >= 0.3 is 5.97 Å². The van der Waals surface area contributed by atoms with E-state index in [1.807, 2.05) is 30.3 Å². The first-order valence-corrected chi connectivity index (χ1v) is 17.3. The largest absolute Gasteiger partial charge is 0.458 e. The van der Waals surface area contributed by atoms with Crippen LogP contribution in [0.15, 0.2) is 30.3 Å². The fourth-order valence-electron chi connectivity index (χ4n) is 10.7. The van der Waals surface area contributed by atoms with Crippen molar-refractivity contribution in [2.24, 2.45) is 46.3 Å². The molecule has 6 heteroatoms. The Morgan fingerprint density at radius 2 is 1.88 bits per heavy atom. The molecule has 0 N–H and O–H groups in total. The first-order valence-electron chi connectivity index (χ1n) is 17.3. The van der Waals surface area contributed by atoms with Crippen molar-refractivity contribution >= 4 is 11.8 Å². The Morgan fingerprint density at radius 1 is 1.07 bits per heavy atom. The maximum atomic E-state index is 13.7. The van der Waals surface area contributed by atoms with Gasteiger partial charge in [-0.05, 0) is 117 Å². The Hall–Kier alpha value is -1.76. The van der Waals surface area contributed by atoms with Gasteiger partial charge in [0.1, 0.15) is 11.9 Å². The molecule has 238 valence electrons. The first kappa shape index (κ1) is 31.2. The summed E-state index contributed by atoms with van der Waals surface area (Å²) < 4.78 is 25.2. The van der Waals surface area contributed by atoms with Gasteiger partial charge in [-0.3, -0.25) is 4.79 Å². The molecule has 4 aliphatic carbocycles. The van der Waals surface area contributed by atoms with Crippen LogP contribution in [0.4, 0.5) is 0 Å². The molecule has 4 saturated carbocycles. The number of Topliss-reactive ketones (excluding diaryl/α,β-unsaturated/α-hetero) is 1. The SMILES string of the molecule is COCCCC(C)[C@H]1CC[C@H]2[C@@H]3[C@H](O[C@@H]4CCCCO4)C[C@@H]4CC(=O)CC[C@]4(C)[C@H]3C[C@H](OC(=O)c3ccccc3)[C@]12C. The van der Waals surface area contributed by atoms with Crippen LogP contribution in [0.1, 0.15) is 108 Å². The molecule has 1 aliphatic heterocycles. The number of rotatable bonds is 9. The zero-order valence-corrected chi connectivity index (χ0v) is 26.9. The normalized spacial score (nSPS) is 41.5. The molecule has 11 atom stereocenters. The summed E-state index contributed by atoms with van der Waals surface area (Å²) in [5.74, 6) is 2.61. The fourth-order valence-corrected chi connectivity index (χ4v) is 10.7. The van der Waals surface area contributed by atoms with Crippen molar-refractivity contribution in [2.45, 2.75) is 116 Å². The Kier molecular flexibility index (Phi) is 9.39. The molecule has 1 saturated heterocycles. The second-order valence-corrected chi connectivity index (χ2v) is 15.1. The summed E-state index contributed by atoms with van der Waals surface area (Å²) in [6.07, 6.45) is 11.5. The predicted molar refractivity (Wildman–Crippen MR) is 165 cm³/mol. The summed E-state index contributed by atoms with van der Waals surface area (Å²) in [5, 5.41) is 0. The van der Waals surface area contributed by atoms with Crippen molar-refractivity contribution in [1.29, 1.82) is 0 Å². The number of carbonyl (C=O) groups is 2. The Balaban J connectivity index is 1.37. The van der Waals surface area contributed by atoms with Crippen LogP contribution in [0, 0.1) is 46.3 Å². The third-order valence-electron chi connectivity index (χ3n) is 13.0. The summed E-state index contributed by atoms with van der Waals surface area (Å²) in [5.41, 5.74) is 0.534. The average Bonchev–Trinajstić information content (AvgIpc) is 3.37. The van der Waals surface area contributed by atoms with Crippen molar-refractivity contribution in [3.63, 3.8) is 0 Å². The number of esters is 1. The van der Waals surface area contributed by atoms with Crippen LogP contribution in [0.3, 0.4) is 0 Å². The Labute approximate surface area is 258 Å². The molecule has 0 radical (unpaired) electrons. The third kappa shape index (κ3) is 5.86. The lowest BCUT2D eigenvalue weighted by atomic mass is 9.43. The standard InChI is InChI=1S/C37H54O6/c1-24(11-10-19-40-4)28-15-16-29-34-30(23-32(37(28,29)3)43-35(39)25-12-6-5-7-13-25)36(2)18-17-27(38)21-26(36)22-31(34)42-33-14-8-9-20-41-33/h5-7,12-13,24,26,28-34H,8-11,14-23H2,1-4H3/t24?,26-,28+,29-,30-,31+,32-,33+,34-,36-,37+/m0/s1. The van der Waals surface area contributed by atoms with E-state index in [4.69, 9.17) is 18.9 Å². The predicted octanol–water partition coefficient (Wildman–Crippen LogP) is 7.63. The molecule has 5 fully saturated rings. The van der Waals surface area contributed by atoms with Crippen molar-refractivity contribution in [3.8, 4) is 0 Å². The lowest BCUT2D eigenvalue weighted by Crippen LogP contribution is -2.63. The van der Waals surface area contributed by atoms with Crippen molar-refractivity contribution in [1.82, 2.24) is 0 Å². The second kappa shape index (κ2) is 12.9. The van der Waals surface area contributed by atoms with Crippen molar-refractivity contribution < 1.29 is 28.5 Å². The Bertz CT molecular complexity index is 1120. The van der Waals surface area contributed by atoms with Gasteiger partial charge in [0.25, 0.3) is 0 Å². The molecule has 5 aliphatic rings. The highest BCUT2D eigenvalue weighted by Crippen LogP contribution is 2.69. The van der Waals surface area contributed by atoms with Crippen LogP contribution in [0.5, 0.6) is 0 Å². The molecule has 1 heterocycles. The van der Waals surface area contributed by atoms with Gasteiger partial charge in [-0.15, -0.1) is 0 Å². The van der Waals surface area contributed by atoms with Crippen LogP contribution in [0.25, 0.3) is 0 Å². The Morgan fingerprint density at radius 3 is 2.63 bits per heavy atom. The summed E-state index contributed by atoms with van der Waals surface area (Å²) in [7, 11) is 1.78. The van der Waals surface area contributed by atoms with Gasteiger partial charge in [0.2, 0.25) is 0 Å². The van der Waals surface area contributed by atoms with Crippen LogP contribution < -0.4 is 0 Å². The minimum Gasteiger partial charge on any atom is -0.458 e. The average molecular weight is 595 g/mol. The molecule has 6 nitrogen and oxygen atoms in total. The number of hydrogen-bond acceptors (Lipinski definition) is 6. The molecule has 43 heavy (non-hydrogen) atoms. The fraction of sp³-hybridized carbons (Fsp3) is 0.784. The third-order valence-corrected chi connectivity index (χ3v) is 13.0. The number of methoxy groups -OCH3 is 1. The summed E-state index contributed by atoms with van der Waals surface area (Å²) >= 11 is 0. The molecule has 1 unspecified atom stereocenters. The summed E-state index contributed by atoms with van der Waals surface area (Å²) in [4.78, 5) is 26.5. The molecule has 0 amide bonds. The van der Waals surface area contributed by atoms with Gasteiger partial charge in [-0.2, -0.15) is 0 Å². The van der Waals surface area contributed by atoms with Gasteiger partial charge in [0.05, 0.1) is 11.7 Å². The van der Waals surface area contributed by atoms with E-state index in [1.165, 1.54) is 0 Å². The molecule has 1 aromatic carbocycles. The summed E-state index contributed by atoms with van der Waals surface area (Å²) in [6, 6.07) is 9.50. The van der Waals surface area contributed by atoms with E-state index in [1.54, 1.807) is 7.11 Å². The molecule has 6 rings (SSSR count). The molecule has 1 aromatic rings. The minimum absolute atomic E-state index is 0.0484. The van der Waals surface area contributed by atoms with E-state index < -0.39 is 0 Å². The highest BCUT2D eigenvalue weighted by Gasteiger charge is 2.67. The molecular weight excluding hydrogens is 540 g/mol. The van der Waals surface area contributed by atoms with Gasteiger partial charge < -0.3 is 18.9 Å². The van der Waals surface area contributed by atoms with Gasteiger partial charge in [0, 0.05) is 38.6 Å². The number of fused-ring (bicyclic) bond motifs is 5. The molecular formula is C37H54O6. The van der Waals surface area contributed by atoms with Gasteiger partial charge in [-0.25, -0.2) is 4.79 Å². The lowest BCUT2D eigenvalue weighted by Gasteiger charge is -2.64. The minimum atomic E-state index is -0.207. The molecule has 0 bridgehead atoms. The van der Waals surface area contributed by atoms with Gasteiger partial charge in [0.15, 0.2) is 6.29 Å². The van der Waals surface area contributed by atoms with E-state index in [-0.39, 0.29) is 35.3 Å². The number of ketones is 1. The van der Waals surface area contributed by atoms with Crippen LogP contribution >= 0.6 is 0 Å². The van der Waals surface area contributed by atoms with Crippen molar-refractivity contribution in [3.05, 3.63) is 35.9 Å². The molecule has 0 spiro atoms. The molecule has 0 aromatic heterocycles. The zero-order valence-electron chi connectivity index (χ0n) is 26.9. The number of benzene rings is 1. The van der Waals surface area contributed by atoms with Crippen LogP contribution in [0.2, 0.25) is 0 Å². The topological polar surface area (TPSA) is 71.1 Å². The van der Waals surface area contributed by atoms with Crippen molar-refractivity contribution in [2.75, 3.05) is 20.3 Å². The summed E-state index contributed by atoms with van der Waals surface area (Å²) in [6.45, 7) is 8.86. The van der Waals surface area contributed by atoms with Crippen LogP contribution in [-0.4, -0.2) is 50.6 Å². The first-order chi connectivity index (χ1) is 20.8. The maximum absolute atomic E-state index is 13.7. The monoisotopic (exact) mass is 594 g/mol. The second-order valence-electron chi connectivity index (χ2n) is 15.1. The highest BCUT2D eigenvalue weighted by molar-refractivity contribution is 5.89. The maximum Gasteiger partial charge on any atom is 0.338 e. The highest BCUT2D eigenvalue weighted by atomic mass is 16.7. The number of ether oxygens (including phenoxy) is 4.